The highest BCUT2D eigenvalue weighted by molar-refractivity contribution is 5.29. The number of likely N-dealkylation sites (tertiary alicyclic amines) is 1. The Morgan fingerprint density at radius 1 is 1.12 bits per heavy atom. The van der Waals surface area contributed by atoms with Gasteiger partial charge in [0.25, 0.3) is 0 Å². The maximum absolute atomic E-state index is 9.83. The number of methoxy groups -OCH3 is 1. The van der Waals surface area contributed by atoms with Crippen LogP contribution >= 0.6 is 0 Å². The zero-order chi connectivity index (χ0) is 16.8. The SMILES string of the molecule is COc1ccc(C2CCN(CC(CO)C3CCNCC3)CC2)cc1. The number of hydrogen-bond donors (Lipinski definition) is 2. The van der Waals surface area contributed by atoms with Gasteiger partial charge in [-0.25, -0.2) is 0 Å². The number of nitrogens with zero attached hydrogens (tertiary/aromatic N) is 1. The molecule has 3 rings (SSSR count). The minimum atomic E-state index is 0.336. The first-order chi connectivity index (χ1) is 11.8. The van der Waals surface area contributed by atoms with E-state index in [4.69, 9.17) is 4.74 Å². The van der Waals surface area contributed by atoms with Crippen LogP contribution in [0.5, 0.6) is 5.75 Å². The van der Waals surface area contributed by atoms with Gasteiger partial charge in [-0.3, -0.25) is 0 Å². The van der Waals surface area contributed by atoms with Crippen LogP contribution in [0.1, 0.15) is 37.2 Å². The average molecular weight is 332 g/mol. The van der Waals surface area contributed by atoms with Crippen molar-refractivity contribution in [1.29, 1.82) is 0 Å². The Balaban J connectivity index is 1.48. The molecule has 4 heteroatoms. The van der Waals surface area contributed by atoms with E-state index in [1.54, 1.807) is 7.11 Å². The Hall–Kier alpha value is -1.10. The van der Waals surface area contributed by atoms with Crippen LogP contribution in [0.3, 0.4) is 0 Å². The van der Waals surface area contributed by atoms with Crippen molar-refractivity contribution in [2.45, 2.75) is 31.6 Å². The molecule has 0 spiro atoms. The number of piperidine rings is 2. The lowest BCUT2D eigenvalue weighted by Gasteiger charge is -2.37. The van der Waals surface area contributed by atoms with Gasteiger partial charge in [0.1, 0.15) is 5.75 Å². The fourth-order valence-corrected chi connectivity index (χ4v) is 4.33. The minimum Gasteiger partial charge on any atom is -0.497 e. The van der Waals surface area contributed by atoms with Crippen molar-refractivity contribution in [3.05, 3.63) is 29.8 Å². The van der Waals surface area contributed by atoms with Gasteiger partial charge in [-0.05, 0) is 87.3 Å². The first kappa shape index (κ1) is 17.7. The predicted molar refractivity (Wildman–Crippen MR) is 97.6 cm³/mol. The van der Waals surface area contributed by atoms with E-state index >= 15 is 0 Å². The van der Waals surface area contributed by atoms with Crippen molar-refractivity contribution in [2.75, 3.05) is 46.4 Å². The molecular formula is C20H32N2O2. The third-order valence-electron chi connectivity index (χ3n) is 5.95. The second-order valence-electron chi connectivity index (χ2n) is 7.38. The van der Waals surface area contributed by atoms with Crippen molar-refractivity contribution >= 4 is 0 Å². The summed E-state index contributed by atoms with van der Waals surface area (Å²) >= 11 is 0. The van der Waals surface area contributed by atoms with E-state index in [0.717, 1.165) is 38.5 Å². The zero-order valence-corrected chi connectivity index (χ0v) is 14.9. The third-order valence-corrected chi connectivity index (χ3v) is 5.95. The number of aliphatic hydroxyl groups is 1. The first-order valence-electron chi connectivity index (χ1n) is 9.48. The van der Waals surface area contributed by atoms with Crippen molar-refractivity contribution in [3.63, 3.8) is 0 Å². The summed E-state index contributed by atoms with van der Waals surface area (Å²) in [5.74, 6) is 2.74. The fourth-order valence-electron chi connectivity index (χ4n) is 4.33. The molecule has 0 amide bonds. The van der Waals surface area contributed by atoms with Crippen LogP contribution in [-0.2, 0) is 0 Å². The second kappa shape index (κ2) is 8.84. The van der Waals surface area contributed by atoms with Crippen molar-refractivity contribution in [3.8, 4) is 5.75 Å². The maximum Gasteiger partial charge on any atom is 0.118 e. The quantitative estimate of drug-likeness (QED) is 0.840. The average Bonchev–Trinajstić information content (AvgIpc) is 2.67. The lowest BCUT2D eigenvalue weighted by Crippen LogP contribution is -2.42. The van der Waals surface area contributed by atoms with Crippen LogP contribution in [0, 0.1) is 11.8 Å². The van der Waals surface area contributed by atoms with Crippen LogP contribution in [-0.4, -0.2) is 56.4 Å². The summed E-state index contributed by atoms with van der Waals surface area (Å²) in [5.41, 5.74) is 1.44. The largest absolute Gasteiger partial charge is 0.497 e. The van der Waals surface area contributed by atoms with E-state index in [2.05, 4.69) is 34.5 Å². The van der Waals surface area contributed by atoms with E-state index in [1.165, 1.54) is 31.2 Å². The third kappa shape index (κ3) is 4.50. The van der Waals surface area contributed by atoms with Gasteiger partial charge in [0.2, 0.25) is 0 Å². The number of benzene rings is 1. The summed E-state index contributed by atoms with van der Waals surface area (Å²) in [6.07, 6.45) is 4.87. The number of nitrogens with one attached hydrogen (secondary N) is 1. The molecule has 2 N–H and O–H groups in total. The van der Waals surface area contributed by atoms with E-state index in [1.807, 2.05) is 0 Å². The summed E-state index contributed by atoms with van der Waals surface area (Å²) in [4.78, 5) is 2.57. The molecule has 0 bridgehead atoms. The highest BCUT2D eigenvalue weighted by Gasteiger charge is 2.27. The Morgan fingerprint density at radius 3 is 2.38 bits per heavy atom. The number of aliphatic hydroxyl groups excluding tert-OH is 1. The molecule has 24 heavy (non-hydrogen) atoms. The molecule has 1 unspecified atom stereocenters. The lowest BCUT2D eigenvalue weighted by molar-refractivity contribution is 0.0933. The van der Waals surface area contributed by atoms with Crippen LogP contribution in [0.15, 0.2) is 24.3 Å². The zero-order valence-electron chi connectivity index (χ0n) is 14.9. The van der Waals surface area contributed by atoms with Gasteiger partial charge in [0, 0.05) is 13.2 Å². The summed E-state index contributed by atoms with van der Waals surface area (Å²) in [5, 5.41) is 13.3. The van der Waals surface area contributed by atoms with Crippen molar-refractivity contribution < 1.29 is 9.84 Å². The smallest absolute Gasteiger partial charge is 0.118 e. The highest BCUT2D eigenvalue weighted by Crippen LogP contribution is 2.30. The van der Waals surface area contributed by atoms with E-state index in [-0.39, 0.29) is 0 Å². The monoisotopic (exact) mass is 332 g/mol. The summed E-state index contributed by atoms with van der Waals surface area (Å²) < 4.78 is 5.25. The van der Waals surface area contributed by atoms with E-state index in [0.29, 0.717) is 24.4 Å². The molecule has 0 radical (unpaired) electrons. The standard InChI is InChI=1S/C20H32N2O2/c1-24-20-4-2-16(3-5-20)18-8-12-22(13-9-18)14-19(15-23)17-6-10-21-11-7-17/h2-5,17-19,21,23H,6-15H2,1H3. The minimum absolute atomic E-state index is 0.336. The second-order valence-corrected chi connectivity index (χ2v) is 7.38. The van der Waals surface area contributed by atoms with Crippen molar-refractivity contribution in [1.82, 2.24) is 10.2 Å². The van der Waals surface area contributed by atoms with Gasteiger partial charge in [-0.2, -0.15) is 0 Å². The highest BCUT2D eigenvalue weighted by atomic mass is 16.5. The molecule has 2 fully saturated rings. The molecule has 0 aromatic heterocycles. The molecule has 1 aromatic rings. The number of ether oxygens (including phenoxy) is 1. The van der Waals surface area contributed by atoms with Gasteiger partial charge in [0.05, 0.1) is 7.11 Å². The first-order valence-corrected chi connectivity index (χ1v) is 9.48. The molecule has 2 aliphatic rings. The molecule has 134 valence electrons. The van der Waals surface area contributed by atoms with E-state index in [9.17, 15) is 5.11 Å². The van der Waals surface area contributed by atoms with Gasteiger partial charge < -0.3 is 20.1 Å². The topological polar surface area (TPSA) is 44.7 Å². The molecule has 1 aromatic carbocycles. The molecule has 2 aliphatic heterocycles. The summed E-state index contributed by atoms with van der Waals surface area (Å²) in [7, 11) is 1.72. The molecule has 2 heterocycles. The lowest BCUT2D eigenvalue weighted by atomic mass is 9.84. The summed E-state index contributed by atoms with van der Waals surface area (Å²) in [6.45, 7) is 5.93. The Bertz CT molecular complexity index is 477. The Kier molecular flexibility index (Phi) is 6.52. The molecule has 0 saturated carbocycles. The van der Waals surface area contributed by atoms with Gasteiger partial charge in [0.15, 0.2) is 0 Å². The summed E-state index contributed by atoms with van der Waals surface area (Å²) in [6, 6.07) is 8.57. The molecule has 1 atom stereocenters. The Morgan fingerprint density at radius 2 is 1.79 bits per heavy atom. The van der Waals surface area contributed by atoms with Crippen LogP contribution in [0.25, 0.3) is 0 Å². The van der Waals surface area contributed by atoms with Crippen LogP contribution < -0.4 is 10.1 Å². The van der Waals surface area contributed by atoms with Crippen LogP contribution in [0.2, 0.25) is 0 Å². The van der Waals surface area contributed by atoms with Crippen LogP contribution in [0.4, 0.5) is 0 Å². The van der Waals surface area contributed by atoms with Gasteiger partial charge in [-0.15, -0.1) is 0 Å². The van der Waals surface area contributed by atoms with Crippen molar-refractivity contribution in [2.24, 2.45) is 11.8 Å². The molecule has 0 aliphatic carbocycles. The van der Waals surface area contributed by atoms with E-state index < -0.39 is 0 Å². The number of rotatable bonds is 6. The molecule has 2 saturated heterocycles. The van der Waals surface area contributed by atoms with Gasteiger partial charge in [-0.1, -0.05) is 12.1 Å². The molecule has 4 nitrogen and oxygen atoms in total. The maximum atomic E-state index is 9.83. The Labute approximate surface area is 146 Å². The fraction of sp³-hybridized carbons (Fsp3) is 0.700. The normalized spacial score (nSPS) is 22.4. The number of hydrogen-bond acceptors (Lipinski definition) is 4. The van der Waals surface area contributed by atoms with Gasteiger partial charge >= 0.3 is 0 Å². The molecular weight excluding hydrogens is 300 g/mol. The predicted octanol–water partition coefficient (Wildman–Crippen LogP) is 2.48.